The SMILES string of the molecule is Cc1cc(C2CN(C)C(=O)N2)ccc1F. The van der Waals surface area contributed by atoms with Gasteiger partial charge in [-0.25, -0.2) is 9.18 Å². The van der Waals surface area contributed by atoms with Gasteiger partial charge in [-0.05, 0) is 24.1 Å². The summed E-state index contributed by atoms with van der Waals surface area (Å²) in [4.78, 5) is 12.9. The fraction of sp³-hybridized carbons (Fsp3) is 0.364. The van der Waals surface area contributed by atoms with Crippen LogP contribution in [0.4, 0.5) is 9.18 Å². The van der Waals surface area contributed by atoms with Crippen molar-refractivity contribution in [2.24, 2.45) is 0 Å². The first-order valence-electron chi connectivity index (χ1n) is 4.85. The summed E-state index contributed by atoms with van der Waals surface area (Å²) in [5.74, 6) is -0.212. The largest absolute Gasteiger partial charge is 0.329 e. The molecule has 1 N–H and O–H groups in total. The average molecular weight is 208 g/mol. The predicted octanol–water partition coefficient (Wildman–Crippen LogP) is 1.83. The van der Waals surface area contributed by atoms with Gasteiger partial charge < -0.3 is 10.2 Å². The van der Waals surface area contributed by atoms with Crippen LogP contribution in [-0.2, 0) is 0 Å². The minimum atomic E-state index is -0.212. The monoisotopic (exact) mass is 208 g/mol. The van der Waals surface area contributed by atoms with Crippen LogP contribution in [0.1, 0.15) is 17.2 Å². The van der Waals surface area contributed by atoms with Crippen LogP contribution in [0.25, 0.3) is 0 Å². The number of likely N-dealkylation sites (N-methyl/N-ethyl adjacent to an activating group) is 1. The molecule has 1 aromatic rings. The summed E-state index contributed by atoms with van der Waals surface area (Å²) >= 11 is 0. The second kappa shape index (κ2) is 3.53. The molecule has 1 aromatic carbocycles. The van der Waals surface area contributed by atoms with E-state index in [1.807, 2.05) is 0 Å². The number of nitrogens with zero attached hydrogens (tertiary/aromatic N) is 1. The lowest BCUT2D eigenvalue weighted by Crippen LogP contribution is -2.23. The van der Waals surface area contributed by atoms with Crippen molar-refractivity contribution in [1.82, 2.24) is 10.2 Å². The summed E-state index contributed by atoms with van der Waals surface area (Å²) in [5.41, 5.74) is 1.56. The summed E-state index contributed by atoms with van der Waals surface area (Å²) in [7, 11) is 1.74. The third-order valence-electron chi connectivity index (χ3n) is 2.69. The van der Waals surface area contributed by atoms with Gasteiger partial charge in [-0.2, -0.15) is 0 Å². The molecule has 0 bridgehead atoms. The Morgan fingerprint density at radius 3 is 2.80 bits per heavy atom. The third kappa shape index (κ3) is 1.79. The second-order valence-electron chi connectivity index (χ2n) is 3.89. The van der Waals surface area contributed by atoms with E-state index in [9.17, 15) is 9.18 Å². The van der Waals surface area contributed by atoms with Crippen molar-refractivity contribution < 1.29 is 9.18 Å². The molecule has 1 heterocycles. The summed E-state index contributed by atoms with van der Waals surface area (Å²) < 4.78 is 13.0. The Morgan fingerprint density at radius 1 is 1.53 bits per heavy atom. The molecule has 1 fully saturated rings. The molecule has 2 rings (SSSR count). The number of urea groups is 1. The highest BCUT2D eigenvalue weighted by Crippen LogP contribution is 2.21. The normalized spacial score (nSPS) is 20.6. The van der Waals surface area contributed by atoms with Crippen LogP contribution in [0.15, 0.2) is 18.2 Å². The lowest BCUT2D eigenvalue weighted by atomic mass is 10.0. The minimum absolute atomic E-state index is 0.0261. The molecule has 0 saturated carbocycles. The second-order valence-corrected chi connectivity index (χ2v) is 3.89. The molecule has 1 saturated heterocycles. The van der Waals surface area contributed by atoms with Crippen LogP contribution in [-0.4, -0.2) is 24.5 Å². The van der Waals surface area contributed by atoms with Crippen LogP contribution in [0, 0.1) is 12.7 Å². The number of carbonyl (C=O) groups excluding carboxylic acids is 1. The zero-order chi connectivity index (χ0) is 11.0. The minimum Gasteiger partial charge on any atom is -0.329 e. The molecule has 15 heavy (non-hydrogen) atoms. The molecule has 1 unspecified atom stereocenters. The highest BCUT2D eigenvalue weighted by atomic mass is 19.1. The number of aryl methyl sites for hydroxylation is 1. The standard InChI is InChI=1S/C11H13FN2O/c1-7-5-8(3-4-9(7)12)10-6-14(2)11(15)13-10/h3-5,10H,6H2,1-2H3,(H,13,15). The molecule has 0 radical (unpaired) electrons. The van der Waals surface area contributed by atoms with Crippen molar-refractivity contribution in [1.29, 1.82) is 0 Å². The number of rotatable bonds is 1. The molecule has 0 spiro atoms. The maximum atomic E-state index is 13.0. The van der Waals surface area contributed by atoms with Gasteiger partial charge in [-0.15, -0.1) is 0 Å². The van der Waals surface area contributed by atoms with Gasteiger partial charge in [-0.3, -0.25) is 0 Å². The van der Waals surface area contributed by atoms with E-state index in [-0.39, 0.29) is 17.9 Å². The highest BCUT2D eigenvalue weighted by Gasteiger charge is 2.26. The lowest BCUT2D eigenvalue weighted by molar-refractivity contribution is 0.226. The summed E-state index contributed by atoms with van der Waals surface area (Å²) in [6.07, 6.45) is 0. The summed E-state index contributed by atoms with van der Waals surface area (Å²) in [6.45, 7) is 2.35. The number of benzene rings is 1. The first kappa shape index (κ1) is 9.96. The molecule has 1 atom stereocenters. The number of hydrogen-bond acceptors (Lipinski definition) is 1. The number of hydrogen-bond donors (Lipinski definition) is 1. The van der Waals surface area contributed by atoms with Gasteiger partial charge in [0.15, 0.2) is 0 Å². The van der Waals surface area contributed by atoms with Crippen LogP contribution in [0.2, 0.25) is 0 Å². The zero-order valence-corrected chi connectivity index (χ0v) is 8.75. The number of carbonyl (C=O) groups is 1. The molecule has 1 aliphatic heterocycles. The van der Waals surface area contributed by atoms with E-state index < -0.39 is 0 Å². The predicted molar refractivity (Wildman–Crippen MR) is 55.0 cm³/mol. The van der Waals surface area contributed by atoms with Gasteiger partial charge in [0.2, 0.25) is 0 Å². The van der Waals surface area contributed by atoms with E-state index in [1.54, 1.807) is 31.0 Å². The van der Waals surface area contributed by atoms with E-state index in [0.29, 0.717) is 12.1 Å². The van der Waals surface area contributed by atoms with E-state index >= 15 is 0 Å². The Bertz CT molecular complexity index is 406. The van der Waals surface area contributed by atoms with Crippen LogP contribution < -0.4 is 5.32 Å². The maximum Gasteiger partial charge on any atom is 0.317 e. The van der Waals surface area contributed by atoms with Crippen molar-refractivity contribution in [2.75, 3.05) is 13.6 Å². The molecule has 1 aliphatic rings. The zero-order valence-electron chi connectivity index (χ0n) is 8.75. The summed E-state index contributed by atoms with van der Waals surface area (Å²) in [5, 5.41) is 2.83. The van der Waals surface area contributed by atoms with Gasteiger partial charge in [0.25, 0.3) is 0 Å². The molecule has 80 valence electrons. The summed E-state index contributed by atoms with van der Waals surface area (Å²) in [6, 6.07) is 4.82. The van der Waals surface area contributed by atoms with Crippen molar-refractivity contribution in [3.05, 3.63) is 35.1 Å². The average Bonchev–Trinajstić information content (AvgIpc) is 2.52. The van der Waals surface area contributed by atoms with Crippen LogP contribution in [0.3, 0.4) is 0 Å². The maximum absolute atomic E-state index is 13.0. The Morgan fingerprint density at radius 2 is 2.27 bits per heavy atom. The Balaban J connectivity index is 2.24. The van der Waals surface area contributed by atoms with Crippen molar-refractivity contribution >= 4 is 6.03 Å². The first-order chi connectivity index (χ1) is 7.08. The van der Waals surface area contributed by atoms with Crippen LogP contribution >= 0.6 is 0 Å². The van der Waals surface area contributed by atoms with Crippen molar-refractivity contribution in [3.63, 3.8) is 0 Å². The quantitative estimate of drug-likeness (QED) is 0.750. The van der Waals surface area contributed by atoms with Gasteiger partial charge in [0, 0.05) is 13.6 Å². The Labute approximate surface area is 87.9 Å². The molecule has 3 nitrogen and oxygen atoms in total. The molecular formula is C11H13FN2O. The fourth-order valence-corrected chi connectivity index (χ4v) is 1.74. The number of nitrogens with one attached hydrogen (secondary N) is 1. The molecular weight excluding hydrogens is 195 g/mol. The van der Waals surface area contributed by atoms with E-state index in [1.165, 1.54) is 6.07 Å². The van der Waals surface area contributed by atoms with Gasteiger partial charge >= 0.3 is 6.03 Å². The first-order valence-corrected chi connectivity index (χ1v) is 4.85. The van der Waals surface area contributed by atoms with Crippen molar-refractivity contribution in [2.45, 2.75) is 13.0 Å². The van der Waals surface area contributed by atoms with E-state index in [4.69, 9.17) is 0 Å². The topological polar surface area (TPSA) is 32.3 Å². The van der Waals surface area contributed by atoms with E-state index in [0.717, 1.165) is 5.56 Å². The number of halogens is 1. The molecule has 0 aliphatic carbocycles. The van der Waals surface area contributed by atoms with Crippen LogP contribution in [0.5, 0.6) is 0 Å². The van der Waals surface area contributed by atoms with Crippen molar-refractivity contribution in [3.8, 4) is 0 Å². The Hall–Kier alpha value is -1.58. The number of amides is 2. The van der Waals surface area contributed by atoms with Gasteiger partial charge in [-0.1, -0.05) is 12.1 Å². The lowest BCUT2D eigenvalue weighted by Gasteiger charge is -2.10. The van der Waals surface area contributed by atoms with E-state index in [2.05, 4.69) is 5.32 Å². The Kier molecular flexibility index (Phi) is 2.34. The van der Waals surface area contributed by atoms with Gasteiger partial charge in [0.1, 0.15) is 5.82 Å². The smallest absolute Gasteiger partial charge is 0.317 e. The molecule has 2 amide bonds. The fourth-order valence-electron chi connectivity index (χ4n) is 1.74. The molecule has 4 heteroatoms. The third-order valence-corrected chi connectivity index (χ3v) is 2.69. The molecule has 0 aromatic heterocycles. The van der Waals surface area contributed by atoms with Gasteiger partial charge in [0.05, 0.1) is 6.04 Å². The highest BCUT2D eigenvalue weighted by molar-refractivity contribution is 5.76.